The van der Waals surface area contributed by atoms with Crippen LogP contribution >= 0.6 is 12.6 Å². The lowest BCUT2D eigenvalue weighted by Gasteiger charge is -2.04. The van der Waals surface area contributed by atoms with E-state index in [2.05, 4.69) is 41.2 Å². The number of nitrogens with zero attached hydrogens (tertiary/aromatic N) is 3. The van der Waals surface area contributed by atoms with Gasteiger partial charge in [0.25, 0.3) is 0 Å². The molecule has 0 aliphatic heterocycles. The van der Waals surface area contributed by atoms with Crippen LogP contribution in [-0.2, 0) is 19.4 Å². The molecule has 0 atom stereocenters. The second-order valence-corrected chi connectivity index (χ2v) is 5.52. The third-order valence-corrected chi connectivity index (χ3v) is 3.77. The van der Waals surface area contributed by atoms with Gasteiger partial charge in [-0.25, -0.2) is 9.67 Å². The lowest BCUT2D eigenvalue weighted by atomic mass is 10.1. The highest BCUT2D eigenvalue weighted by molar-refractivity contribution is 7.80. The molecule has 0 saturated carbocycles. The van der Waals surface area contributed by atoms with Crippen molar-refractivity contribution in [2.45, 2.75) is 78.2 Å². The van der Waals surface area contributed by atoms with Crippen LogP contribution < -0.4 is 0 Å². The Bertz CT molecular complexity index is 336. The minimum atomic E-state index is 0.936. The van der Waals surface area contributed by atoms with Gasteiger partial charge in [-0.2, -0.15) is 17.7 Å². The number of thiol groups is 1. The molecular weight excluding hydrogens is 254 g/mol. The van der Waals surface area contributed by atoms with Crippen molar-refractivity contribution in [3.8, 4) is 0 Å². The molecule has 0 saturated heterocycles. The highest BCUT2D eigenvalue weighted by Gasteiger charge is 2.06. The van der Waals surface area contributed by atoms with Gasteiger partial charge in [0.15, 0.2) is 5.82 Å². The number of hydrogen-bond donors (Lipinski definition) is 1. The van der Waals surface area contributed by atoms with Gasteiger partial charge in [-0.1, -0.05) is 46.0 Å². The lowest BCUT2D eigenvalue weighted by Crippen LogP contribution is -2.05. The summed E-state index contributed by atoms with van der Waals surface area (Å²) in [5.41, 5.74) is 0. The Morgan fingerprint density at radius 1 is 0.895 bits per heavy atom. The topological polar surface area (TPSA) is 30.7 Å². The summed E-state index contributed by atoms with van der Waals surface area (Å²) in [6.07, 6.45) is 11.1. The van der Waals surface area contributed by atoms with Crippen LogP contribution in [0, 0.1) is 0 Å². The second kappa shape index (κ2) is 10.3. The molecule has 19 heavy (non-hydrogen) atoms. The normalized spacial score (nSPS) is 11.1. The third-order valence-electron chi connectivity index (χ3n) is 3.45. The molecule has 0 aromatic carbocycles. The Kier molecular flexibility index (Phi) is 8.97. The predicted octanol–water partition coefficient (Wildman–Crippen LogP) is 4.06. The molecule has 0 bridgehead atoms. The van der Waals surface area contributed by atoms with E-state index in [9.17, 15) is 0 Å². The van der Waals surface area contributed by atoms with E-state index in [0.717, 1.165) is 36.8 Å². The van der Waals surface area contributed by atoms with Crippen LogP contribution in [0.1, 0.15) is 70.4 Å². The zero-order valence-corrected chi connectivity index (χ0v) is 13.5. The van der Waals surface area contributed by atoms with E-state index in [1.165, 1.54) is 44.9 Å². The molecule has 4 heteroatoms. The van der Waals surface area contributed by atoms with Crippen LogP contribution in [0.2, 0.25) is 0 Å². The molecule has 0 aliphatic carbocycles. The number of rotatable bonds is 11. The van der Waals surface area contributed by atoms with Crippen molar-refractivity contribution in [3.05, 3.63) is 11.6 Å². The minimum Gasteiger partial charge on any atom is -0.250 e. The Labute approximate surface area is 123 Å². The van der Waals surface area contributed by atoms with Crippen molar-refractivity contribution in [3.63, 3.8) is 0 Å². The highest BCUT2D eigenvalue weighted by atomic mass is 32.1. The molecule has 1 heterocycles. The maximum Gasteiger partial charge on any atom is 0.150 e. The summed E-state index contributed by atoms with van der Waals surface area (Å²) in [4.78, 5) is 4.54. The fourth-order valence-electron chi connectivity index (χ4n) is 2.27. The van der Waals surface area contributed by atoms with Gasteiger partial charge in [0.2, 0.25) is 0 Å². The van der Waals surface area contributed by atoms with Crippen molar-refractivity contribution in [1.82, 2.24) is 14.8 Å². The first-order valence-corrected chi connectivity index (χ1v) is 8.48. The molecule has 1 rings (SSSR count). The lowest BCUT2D eigenvalue weighted by molar-refractivity contribution is 0.508. The van der Waals surface area contributed by atoms with Gasteiger partial charge in [-0.3, -0.25) is 0 Å². The molecule has 0 spiro atoms. The number of aromatic nitrogens is 3. The largest absolute Gasteiger partial charge is 0.250 e. The predicted molar refractivity (Wildman–Crippen MR) is 85.0 cm³/mol. The van der Waals surface area contributed by atoms with Crippen molar-refractivity contribution in [2.75, 3.05) is 5.75 Å². The molecule has 3 nitrogen and oxygen atoms in total. The van der Waals surface area contributed by atoms with Crippen molar-refractivity contribution >= 4 is 12.6 Å². The second-order valence-electron chi connectivity index (χ2n) is 5.07. The van der Waals surface area contributed by atoms with E-state index in [-0.39, 0.29) is 0 Å². The molecular formula is C15H29N3S. The summed E-state index contributed by atoms with van der Waals surface area (Å²) in [7, 11) is 0. The molecule has 0 fully saturated rings. The Morgan fingerprint density at radius 3 is 2.11 bits per heavy atom. The van der Waals surface area contributed by atoms with Gasteiger partial charge >= 0.3 is 0 Å². The number of hydrogen-bond acceptors (Lipinski definition) is 3. The first kappa shape index (κ1) is 16.5. The van der Waals surface area contributed by atoms with E-state index < -0.39 is 0 Å². The molecule has 1 aromatic rings. The van der Waals surface area contributed by atoms with Gasteiger partial charge in [0.05, 0.1) is 0 Å². The molecule has 1 aromatic heterocycles. The standard InChI is InChI=1S/C15H29N3S/c1-3-14-16-15(4-2)18(17-14)12-10-8-6-5-7-9-11-13-19/h19H,3-13H2,1-2H3. The van der Waals surface area contributed by atoms with Crippen LogP contribution in [0.3, 0.4) is 0 Å². The van der Waals surface area contributed by atoms with Crippen molar-refractivity contribution in [2.24, 2.45) is 0 Å². The molecule has 0 amide bonds. The summed E-state index contributed by atoms with van der Waals surface area (Å²) in [5, 5.41) is 4.55. The zero-order chi connectivity index (χ0) is 13.9. The fraction of sp³-hybridized carbons (Fsp3) is 0.867. The summed E-state index contributed by atoms with van der Waals surface area (Å²) in [5.74, 6) is 3.17. The van der Waals surface area contributed by atoms with Crippen LogP contribution in [0.15, 0.2) is 0 Å². The van der Waals surface area contributed by atoms with Crippen LogP contribution in [0.4, 0.5) is 0 Å². The Morgan fingerprint density at radius 2 is 1.53 bits per heavy atom. The number of unbranched alkanes of at least 4 members (excludes halogenated alkanes) is 6. The van der Waals surface area contributed by atoms with E-state index in [0.29, 0.717) is 0 Å². The molecule has 110 valence electrons. The molecule has 0 N–H and O–H groups in total. The van der Waals surface area contributed by atoms with Gasteiger partial charge in [0.1, 0.15) is 5.82 Å². The van der Waals surface area contributed by atoms with Crippen LogP contribution in [0.25, 0.3) is 0 Å². The summed E-state index contributed by atoms with van der Waals surface area (Å²) < 4.78 is 2.11. The SMILES string of the molecule is CCc1nc(CC)n(CCCCCCCCCS)n1. The smallest absolute Gasteiger partial charge is 0.150 e. The zero-order valence-electron chi connectivity index (χ0n) is 12.6. The monoisotopic (exact) mass is 283 g/mol. The van der Waals surface area contributed by atoms with E-state index in [4.69, 9.17) is 0 Å². The summed E-state index contributed by atoms with van der Waals surface area (Å²) in [6.45, 7) is 5.30. The van der Waals surface area contributed by atoms with Gasteiger partial charge in [-0.15, -0.1) is 0 Å². The maximum atomic E-state index is 4.55. The average Bonchev–Trinajstić information content (AvgIpc) is 2.84. The summed E-state index contributed by atoms with van der Waals surface area (Å²) >= 11 is 4.23. The van der Waals surface area contributed by atoms with Gasteiger partial charge in [-0.05, 0) is 18.6 Å². The van der Waals surface area contributed by atoms with Crippen LogP contribution in [-0.4, -0.2) is 20.5 Å². The van der Waals surface area contributed by atoms with Crippen molar-refractivity contribution < 1.29 is 0 Å². The molecule has 0 unspecified atom stereocenters. The molecule has 0 aliphatic rings. The van der Waals surface area contributed by atoms with E-state index in [1.54, 1.807) is 0 Å². The number of aryl methyl sites for hydroxylation is 3. The fourth-order valence-corrected chi connectivity index (χ4v) is 2.50. The van der Waals surface area contributed by atoms with E-state index >= 15 is 0 Å². The Hall–Kier alpha value is -0.510. The van der Waals surface area contributed by atoms with E-state index in [1.807, 2.05) is 0 Å². The van der Waals surface area contributed by atoms with Gasteiger partial charge in [0, 0.05) is 19.4 Å². The minimum absolute atomic E-state index is 0.936. The third kappa shape index (κ3) is 6.46. The first-order valence-electron chi connectivity index (χ1n) is 7.85. The summed E-state index contributed by atoms with van der Waals surface area (Å²) in [6, 6.07) is 0. The Balaban J connectivity index is 2.13. The average molecular weight is 283 g/mol. The first-order chi connectivity index (χ1) is 9.31. The quantitative estimate of drug-likeness (QED) is 0.490. The highest BCUT2D eigenvalue weighted by Crippen LogP contribution is 2.09. The van der Waals surface area contributed by atoms with Gasteiger partial charge < -0.3 is 0 Å². The molecule has 0 radical (unpaired) electrons. The van der Waals surface area contributed by atoms with Crippen LogP contribution in [0.5, 0.6) is 0 Å². The maximum absolute atomic E-state index is 4.55. The van der Waals surface area contributed by atoms with Crippen molar-refractivity contribution in [1.29, 1.82) is 0 Å².